The molecule has 0 atom stereocenters. The molecule has 0 bridgehead atoms. The van der Waals surface area contributed by atoms with Gasteiger partial charge >= 0.3 is 0 Å². The summed E-state index contributed by atoms with van der Waals surface area (Å²) in [4.78, 5) is 3.28. The van der Waals surface area contributed by atoms with Crippen LogP contribution >= 0.6 is 0 Å². The molecule has 1 nitrogen and oxygen atoms in total. The number of pyridine rings is 1. The van der Waals surface area contributed by atoms with Crippen molar-refractivity contribution < 1.29 is 13.2 Å². The Balaban J connectivity index is 1.66. The second-order valence-electron chi connectivity index (χ2n) is 7.02. The molecule has 2 aromatic rings. The lowest BCUT2D eigenvalue weighted by Gasteiger charge is -2.29. The highest BCUT2D eigenvalue weighted by Gasteiger charge is 2.27. The first-order valence-corrected chi connectivity index (χ1v) is 9.18. The average molecular weight is 347 g/mol. The smallest absolute Gasteiger partial charge is 0.207 e. The number of hydrogen-bond acceptors (Lipinski definition) is 1. The molecule has 4 heteroatoms. The van der Waals surface area contributed by atoms with Gasteiger partial charge in [-0.05, 0) is 79.7 Å². The van der Waals surface area contributed by atoms with E-state index in [1.807, 2.05) is 12.1 Å². The van der Waals surface area contributed by atoms with Crippen molar-refractivity contribution in [2.45, 2.75) is 63.7 Å². The molecule has 1 saturated carbocycles. The zero-order chi connectivity index (χ0) is 17.8. The molecule has 1 aromatic heterocycles. The zero-order valence-corrected chi connectivity index (χ0v) is 14.6. The van der Waals surface area contributed by atoms with Gasteiger partial charge in [0.25, 0.3) is 0 Å². The summed E-state index contributed by atoms with van der Waals surface area (Å²) in [6, 6.07) is 8.32. The van der Waals surface area contributed by atoms with Crippen molar-refractivity contribution in [3.8, 4) is 0 Å². The summed E-state index contributed by atoms with van der Waals surface area (Å²) < 4.78 is 41.3. The largest absolute Gasteiger partial charge is 0.218 e. The Morgan fingerprint density at radius 3 is 2.16 bits per heavy atom. The van der Waals surface area contributed by atoms with Crippen LogP contribution in [0.15, 0.2) is 30.3 Å². The highest BCUT2D eigenvalue weighted by Crippen LogP contribution is 2.41. The molecule has 0 amide bonds. The van der Waals surface area contributed by atoms with E-state index in [9.17, 15) is 13.2 Å². The maximum absolute atomic E-state index is 14.5. The first kappa shape index (κ1) is 18.0. The van der Waals surface area contributed by atoms with Crippen molar-refractivity contribution in [2.75, 3.05) is 0 Å². The summed E-state index contributed by atoms with van der Waals surface area (Å²) in [5.41, 5.74) is 2.31. The molecular formula is C21H24F3N. The minimum atomic E-state index is -0.792. The summed E-state index contributed by atoms with van der Waals surface area (Å²) >= 11 is 0. The molecule has 1 aromatic carbocycles. The molecule has 0 aliphatic heterocycles. The maximum Gasteiger partial charge on any atom is 0.218 e. The fourth-order valence-corrected chi connectivity index (χ4v) is 3.88. The van der Waals surface area contributed by atoms with Gasteiger partial charge in [-0.3, -0.25) is 0 Å². The Labute approximate surface area is 147 Å². The third kappa shape index (κ3) is 4.23. The van der Waals surface area contributed by atoms with Crippen LogP contribution in [0.25, 0.3) is 0 Å². The summed E-state index contributed by atoms with van der Waals surface area (Å²) in [5.74, 6) is -1.41. The van der Waals surface area contributed by atoms with Crippen molar-refractivity contribution in [1.29, 1.82) is 0 Å². The van der Waals surface area contributed by atoms with E-state index in [-0.39, 0.29) is 17.7 Å². The molecule has 134 valence electrons. The van der Waals surface area contributed by atoms with Gasteiger partial charge in [0.05, 0.1) is 0 Å². The lowest BCUT2D eigenvalue weighted by molar-refractivity contribution is 0.374. The van der Waals surface area contributed by atoms with Gasteiger partial charge in [-0.2, -0.15) is 13.8 Å². The number of aromatic nitrogens is 1. The van der Waals surface area contributed by atoms with E-state index in [1.165, 1.54) is 12.1 Å². The number of unbranched alkanes of at least 4 members (excludes halogenated alkanes) is 1. The molecule has 1 fully saturated rings. The van der Waals surface area contributed by atoms with Gasteiger partial charge in [-0.15, -0.1) is 0 Å². The number of nitrogens with zero attached hydrogens (tertiary/aromatic N) is 1. The number of hydrogen-bond donors (Lipinski definition) is 0. The third-order valence-corrected chi connectivity index (χ3v) is 5.33. The molecule has 0 N–H and O–H groups in total. The number of benzene rings is 1. The Hall–Kier alpha value is -1.84. The van der Waals surface area contributed by atoms with E-state index in [4.69, 9.17) is 0 Å². The van der Waals surface area contributed by atoms with Crippen LogP contribution in [-0.4, -0.2) is 4.98 Å². The SMILES string of the molecule is CCCCc1ccc([C@H]2CC[C@H](c3ccc(F)nc3F)CC2)c(F)c1. The number of rotatable bonds is 5. The average Bonchev–Trinajstić information content (AvgIpc) is 2.60. The second kappa shape index (κ2) is 8.03. The molecule has 0 saturated heterocycles. The Bertz CT molecular complexity index is 721. The van der Waals surface area contributed by atoms with E-state index in [2.05, 4.69) is 11.9 Å². The zero-order valence-electron chi connectivity index (χ0n) is 14.6. The van der Waals surface area contributed by atoms with E-state index in [1.54, 1.807) is 6.07 Å². The van der Waals surface area contributed by atoms with Crippen molar-refractivity contribution >= 4 is 0 Å². The van der Waals surface area contributed by atoms with Crippen LogP contribution in [0.1, 0.15) is 74.0 Å². The normalized spacial score (nSPS) is 20.6. The van der Waals surface area contributed by atoms with Gasteiger partial charge < -0.3 is 0 Å². The standard InChI is InChI=1S/C21H24F3N/c1-2-3-4-14-5-10-17(19(22)13-14)15-6-8-16(9-7-15)18-11-12-20(23)25-21(18)24/h5,10-13,15-16H,2-4,6-9H2,1H3/t15-,16-. The molecule has 1 heterocycles. The van der Waals surface area contributed by atoms with Gasteiger partial charge in [0.1, 0.15) is 5.82 Å². The summed E-state index contributed by atoms with van der Waals surface area (Å²) in [7, 11) is 0. The van der Waals surface area contributed by atoms with Crippen LogP contribution in [0.5, 0.6) is 0 Å². The van der Waals surface area contributed by atoms with Crippen LogP contribution in [0.2, 0.25) is 0 Å². The minimum Gasteiger partial charge on any atom is -0.207 e. The van der Waals surface area contributed by atoms with E-state index in [0.717, 1.165) is 56.1 Å². The lowest BCUT2D eigenvalue weighted by atomic mass is 9.76. The third-order valence-electron chi connectivity index (χ3n) is 5.33. The quantitative estimate of drug-likeness (QED) is 0.580. The lowest BCUT2D eigenvalue weighted by Crippen LogP contribution is -2.15. The topological polar surface area (TPSA) is 12.9 Å². The van der Waals surface area contributed by atoms with E-state index in [0.29, 0.717) is 5.56 Å². The fraction of sp³-hybridized carbons (Fsp3) is 0.476. The molecule has 0 unspecified atom stereocenters. The summed E-state index contributed by atoms with van der Waals surface area (Å²) in [5, 5.41) is 0. The van der Waals surface area contributed by atoms with Gasteiger partial charge in [-0.1, -0.05) is 25.5 Å². The van der Waals surface area contributed by atoms with Gasteiger partial charge in [-0.25, -0.2) is 4.39 Å². The van der Waals surface area contributed by atoms with Crippen molar-refractivity contribution in [1.82, 2.24) is 4.98 Å². The first-order valence-electron chi connectivity index (χ1n) is 9.18. The van der Waals surface area contributed by atoms with E-state index >= 15 is 0 Å². The highest BCUT2D eigenvalue weighted by atomic mass is 19.1. The molecule has 0 radical (unpaired) electrons. The molecular weight excluding hydrogens is 323 g/mol. The van der Waals surface area contributed by atoms with Crippen LogP contribution < -0.4 is 0 Å². The van der Waals surface area contributed by atoms with Crippen LogP contribution in [0.3, 0.4) is 0 Å². The number of aryl methyl sites for hydroxylation is 1. The van der Waals surface area contributed by atoms with Gasteiger partial charge in [0, 0.05) is 5.56 Å². The second-order valence-corrected chi connectivity index (χ2v) is 7.02. The Morgan fingerprint density at radius 2 is 1.56 bits per heavy atom. The predicted molar refractivity (Wildman–Crippen MR) is 93.1 cm³/mol. The van der Waals surface area contributed by atoms with Crippen molar-refractivity contribution in [2.24, 2.45) is 0 Å². The molecule has 25 heavy (non-hydrogen) atoms. The highest BCUT2D eigenvalue weighted by molar-refractivity contribution is 5.28. The number of halogens is 3. The monoisotopic (exact) mass is 347 g/mol. The first-order chi connectivity index (χ1) is 12.1. The Kier molecular flexibility index (Phi) is 5.77. The minimum absolute atomic E-state index is 0.0382. The van der Waals surface area contributed by atoms with Gasteiger partial charge in [0.2, 0.25) is 11.9 Å². The Morgan fingerprint density at radius 1 is 0.920 bits per heavy atom. The van der Waals surface area contributed by atoms with Gasteiger partial charge in [0.15, 0.2) is 0 Å². The van der Waals surface area contributed by atoms with Crippen molar-refractivity contribution in [3.05, 3.63) is 64.7 Å². The predicted octanol–water partition coefficient (Wildman–Crippen LogP) is 6.28. The van der Waals surface area contributed by atoms with Crippen LogP contribution in [0, 0.1) is 17.7 Å². The van der Waals surface area contributed by atoms with E-state index < -0.39 is 11.9 Å². The van der Waals surface area contributed by atoms with Crippen molar-refractivity contribution in [3.63, 3.8) is 0 Å². The van der Waals surface area contributed by atoms with Crippen LogP contribution in [0.4, 0.5) is 13.2 Å². The molecule has 1 aliphatic rings. The summed E-state index contributed by atoms with van der Waals surface area (Å²) in [6.07, 6.45) is 6.25. The molecule has 1 aliphatic carbocycles. The summed E-state index contributed by atoms with van der Waals surface area (Å²) in [6.45, 7) is 2.13. The maximum atomic E-state index is 14.5. The van der Waals surface area contributed by atoms with Crippen LogP contribution in [-0.2, 0) is 6.42 Å². The molecule has 0 spiro atoms. The fourth-order valence-electron chi connectivity index (χ4n) is 3.88. The molecule has 3 rings (SSSR count).